The highest BCUT2D eigenvalue weighted by molar-refractivity contribution is 5.80. The molecule has 5 nitrogen and oxygen atoms in total. The third kappa shape index (κ3) is 2.76. The van der Waals surface area contributed by atoms with Crippen molar-refractivity contribution in [3.05, 3.63) is 47.7 Å². The molecule has 1 N–H and O–H groups in total. The van der Waals surface area contributed by atoms with Crippen LogP contribution in [0.3, 0.4) is 0 Å². The molecule has 2 aromatic heterocycles. The van der Waals surface area contributed by atoms with Gasteiger partial charge in [0.15, 0.2) is 0 Å². The van der Waals surface area contributed by atoms with E-state index in [9.17, 15) is 0 Å². The summed E-state index contributed by atoms with van der Waals surface area (Å²) in [4.78, 5) is 6.22. The molecule has 5 rings (SSSR count). The molecule has 3 aromatic rings. The van der Waals surface area contributed by atoms with Crippen LogP contribution in [0.4, 0.5) is 0 Å². The van der Waals surface area contributed by atoms with Gasteiger partial charge in [0.2, 0.25) is 0 Å². The molecular formula is C20H25N5. The molecule has 130 valence electrons. The maximum absolute atomic E-state index is 4.50. The number of hydrogen-bond acceptors (Lipinski definition) is 3. The Labute approximate surface area is 148 Å². The highest BCUT2D eigenvalue weighted by Gasteiger charge is 2.31. The number of likely N-dealkylation sites (tertiary alicyclic amines) is 1. The van der Waals surface area contributed by atoms with Gasteiger partial charge in [-0.15, -0.1) is 10.2 Å². The number of hydrogen-bond donors (Lipinski definition) is 1. The molecule has 2 aliphatic rings. The zero-order valence-corrected chi connectivity index (χ0v) is 14.8. The van der Waals surface area contributed by atoms with Gasteiger partial charge >= 0.3 is 0 Å². The SMILES string of the molecule is Cn1c(CN2CCCCC2c2cc3ccccc3[nH]2)nnc1C1CC1. The van der Waals surface area contributed by atoms with Crippen molar-refractivity contribution < 1.29 is 0 Å². The predicted molar refractivity (Wildman–Crippen MR) is 98.3 cm³/mol. The van der Waals surface area contributed by atoms with Crippen LogP contribution in [-0.2, 0) is 13.6 Å². The summed E-state index contributed by atoms with van der Waals surface area (Å²) in [5.74, 6) is 2.93. The van der Waals surface area contributed by atoms with Crippen molar-refractivity contribution in [1.29, 1.82) is 0 Å². The highest BCUT2D eigenvalue weighted by Crippen LogP contribution is 2.39. The Kier molecular flexibility index (Phi) is 3.63. The Morgan fingerprint density at radius 3 is 2.84 bits per heavy atom. The summed E-state index contributed by atoms with van der Waals surface area (Å²) in [6.45, 7) is 2.02. The minimum atomic E-state index is 0.447. The molecule has 0 spiro atoms. The van der Waals surface area contributed by atoms with Crippen LogP contribution in [0.15, 0.2) is 30.3 Å². The molecule has 5 heteroatoms. The van der Waals surface area contributed by atoms with Crippen molar-refractivity contribution in [3.8, 4) is 0 Å². The third-order valence-electron chi connectivity index (χ3n) is 5.81. The van der Waals surface area contributed by atoms with Gasteiger partial charge in [-0.25, -0.2) is 0 Å². The lowest BCUT2D eigenvalue weighted by Crippen LogP contribution is -2.34. The quantitative estimate of drug-likeness (QED) is 0.786. The Bertz CT molecular complexity index is 856. The number of aromatic nitrogens is 4. The zero-order chi connectivity index (χ0) is 16.8. The largest absolute Gasteiger partial charge is 0.357 e. The van der Waals surface area contributed by atoms with E-state index >= 15 is 0 Å². The normalized spacial score (nSPS) is 21.9. The number of nitrogens with one attached hydrogen (secondary N) is 1. The topological polar surface area (TPSA) is 49.7 Å². The van der Waals surface area contributed by atoms with Crippen molar-refractivity contribution in [2.24, 2.45) is 7.05 Å². The number of benzene rings is 1. The zero-order valence-electron chi connectivity index (χ0n) is 14.8. The van der Waals surface area contributed by atoms with Crippen LogP contribution in [0.5, 0.6) is 0 Å². The van der Waals surface area contributed by atoms with Crippen LogP contribution in [0.1, 0.15) is 61.4 Å². The molecule has 0 radical (unpaired) electrons. The molecule has 1 saturated heterocycles. The van der Waals surface area contributed by atoms with Crippen LogP contribution in [0.2, 0.25) is 0 Å². The van der Waals surface area contributed by atoms with E-state index in [-0.39, 0.29) is 0 Å². The van der Waals surface area contributed by atoms with Crippen molar-refractivity contribution in [3.63, 3.8) is 0 Å². The Hall–Kier alpha value is -2.14. The highest BCUT2D eigenvalue weighted by atomic mass is 15.3. The van der Waals surface area contributed by atoms with Gasteiger partial charge in [0, 0.05) is 24.2 Å². The van der Waals surface area contributed by atoms with Gasteiger partial charge < -0.3 is 9.55 Å². The van der Waals surface area contributed by atoms with Crippen molar-refractivity contribution in [2.75, 3.05) is 6.54 Å². The van der Waals surface area contributed by atoms with Crippen LogP contribution < -0.4 is 0 Å². The van der Waals surface area contributed by atoms with E-state index in [1.165, 1.54) is 54.5 Å². The minimum absolute atomic E-state index is 0.447. The van der Waals surface area contributed by atoms with E-state index < -0.39 is 0 Å². The van der Waals surface area contributed by atoms with E-state index in [2.05, 4.69) is 62.0 Å². The summed E-state index contributed by atoms with van der Waals surface area (Å²) in [6.07, 6.45) is 6.31. The third-order valence-corrected chi connectivity index (χ3v) is 5.81. The lowest BCUT2D eigenvalue weighted by Gasteiger charge is -2.34. The lowest BCUT2D eigenvalue weighted by atomic mass is 9.99. The van der Waals surface area contributed by atoms with E-state index in [1.807, 2.05) is 0 Å². The summed E-state index contributed by atoms with van der Waals surface area (Å²) in [7, 11) is 2.13. The number of rotatable bonds is 4. The van der Waals surface area contributed by atoms with E-state index in [4.69, 9.17) is 0 Å². The fourth-order valence-electron chi connectivity index (χ4n) is 4.20. The van der Waals surface area contributed by atoms with Crippen LogP contribution >= 0.6 is 0 Å². The Morgan fingerprint density at radius 1 is 1.12 bits per heavy atom. The second-order valence-electron chi connectivity index (χ2n) is 7.60. The standard InChI is InChI=1S/C20H25N5/c1-24-19(22-23-20(24)14-9-10-14)13-25-11-5-4-8-18(25)17-12-15-6-2-3-7-16(15)21-17/h2-3,6-7,12,14,18,21H,4-5,8-11,13H2,1H3. The van der Waals surface area contributed by atoms with Crippen molar-refractivity contribution in [1.82, 2.24) is 24.6 Å². The molecule has 1 atom stereocenters. The van der Waals surface area contributed by atoms with Crippen molar-refractivity contribution >= 4 is 10.9 Å². The molecular weight excluding hydrogens is 310 g/mol. The van der Waals surface area contributed by atoms with E-state index in [0.29, 0.717) is 12.0 Å². The predicted octanol–water partition coefficient (Wildman–Crippen LogP) is 3.90. The smallest absolute Gasteiger partial charge is 0.146 e. The van der Waals surface area contributed by atoms with Gasteiger partial charge in [0.1, 0.15) is 11.6 Å². The average Bonchev–Trinajstić information content (AvgIpc) is 3.28. The van der Waals surface area contributed by atoms with E-state index in [0.717, 1.165) is 18.9 Å². The fraction of sp³-hybridized carbons (Fsp3) is 0.500. The first-order chi connectivity index (χ1) is 12.3. The monoisotopic (exact) mass is 335 g/mol. The van der Waals surface area contributed by atoms with Crippen LogP contribution in [0.25, 0.3) is 10.9 Å². The Morgan fingerprint density at radius 2 is 2.00 bits per heavy atom. The van der Waals surface area contributed by atoms with Crippen LogP contribution in [0, 0.1) is 0 Å². The molecule has 0 bridgehead atoms. The van der Waals surface area contributed by atoms with Gasteiger partial charge in [0.25, 0.3) is 0 Å². The second-order valence-corrected chi connectivity index (χ2v) is 7.60. The number of piperidine rings is 1. The molecule has 2 fully saturated rings. The summed E-state index contributed by atoms with van der Waals surface area (Å²) in [5, 5.41) is 10.3. The second kappa shape index (κ2) is 5.99. The summed E-state index contributed by atoms with van der Waals surface area (Å²) in [5.41, 5.74) is 2.57. The minimum Gasteiger partial charge on any atom is -0.357 e. The van der Waals surface area contributed by atoms with Gasteiger partial charge in [-0.05, 0) is 49.7 Å². The first kappa shape index (κ1) is 15.1. The first-order valence-electron chi connectivity index (χ1n) is 9.49. The summed E-state index contributed by atoms with van der Waals surface area (Å²) in [6, 6.07) is 11.3. The molecule has 1 saturated carbocycles. The average molecular weight is 335 g/mol. The fourth-order valence-corrected chi connectivity index (χ4v) is 4.20. The molecule has 3 heterocycles. The molecule has 1 aromatic carbocycles. The van der Waals surface area contributed by atoms with Crippen molar-refractivity contribution in [2.45, 2.75) is 50.6 Å². The van der Waals surface area contributed by atoms with Crippen LogP contribution in [-0.4, -0.2) is 31.2 Å². The maximum atomic E-state index is 4.50. The number of aromatic amines is 1. The molecule has 25 heavy (non-hydrogen) atoms. The first-order valence-corrected chi connectivity index (χ1v) is 9.49. The molecule has 0 amide bonds. The van der Waals surface area contributed by atoms with Gasteiger partial charge in [-0.1, -0.05) is 24.6 Å². The van der Waals surface area contributed by atoms with Gasteiger partial charge in [0.05, 0.1) is 12.6 Å². The maximum Gasteiger partial charge on any atom is 0.146 e. The molecule has 1 aliphatic carbocycles. The summed E-state index contributed by atoms with van der Waals surface area (Å²) < 4.78 is 2.23. The molecule has 1 aliphatic heterocycles. The number of para-hydroxylation sites is 1. The summed E-state index contributed by atoms with van der Waals surface area (Å²) >= 11 is 0. The van der Waals surface area contributed by atoms with Gasteiger partial charge in [-0.2, -0.15) is 0 Å². The lowest BCUT2D eigenvalue weighted by molar-refractivity contribution is 0.133. The number of fused-ring (bicyclic) bond motifs is 1. The molecule has 1 unspecified atom stereocenters. The van der Waals surface area contributed by atoms with Gasteiger partial charge in [-0.3, -0.25) is 4.90 Å². The Balaban J connectivity index is 1.42. The number of H-pyrrole nitrogens is 1. The van der Waals surface area contributed by atoms with E-state index in [1.54, 1.807) is 0 Å². The number of nitrogens with zero attached hydrogens (tertiary/aromatic N) is 4.